The van der Waals surface area contributed by atoms with E-state index >= 15 is 0 Å². The molecule has 92 valence electrons. The molecule has 17 heavy (non-hydrogen) atoms. The summed E-state index contributed by atoms with van der Waals surface area (Å²) in [4.78, 5) is 11.6. The van der Waals surface area contributed by atoms with E-state index in [1.807, 2.05) is 37.3 Å². The minimum Gasteiger partial charge on any atom is -0.463 e. The molecule has 1 aromatic carbocycles. The van der Waals surface area contributed by atoms with Crippen molar-refractivity contribution < 1.29 is 9.53 Å². The van der Waals surface area contributed by atoms with Crippen LogP contribution in [0.5, 0.6) is 0 Å². The Morgan fingerprint density at radius 1 is 1.24 bits per heavy atom. The van der Waals surface area contributed by atoms with Crippen molar-refractivity contribution in [3.8, 4) is 0 Å². The number of allylic oxidation sites excluding steroid dienone is 1. The van der Waals surface area contributed by atoms with E-state index < -0.39 is 0 Å². The number of hydrogen-bond acceptors (Lipinski definition) is 2. The second kappa shape index (κ2) is 5.67. The maximum Gasteiger partial charge on any atom is 0.331 e. The van der Waals surface area contributed by atoms with Crippen LogP contribution >= 0.6 is 0 Å². The highest BCUT2D eigenvalue weighted by Crippen LogP contribution is 2.33. The van der Waals surface area contributed by atoms with Crippen molar-refractivity contribution in [1.82, 2.24) is 0 Å². The highest BCUT2D eigenvalue weighted by atomic mass is 16.5. The van der Waals surface area contributed by atoms with Gasteiger partial charge in [-0.2, -0.15) is 0 Å². The van der Waals surface area contributed by atoms with E-state index in [9.17, 15) is 4.79 Å². The lowest BCUT2D eigenvalue weighted by Crippen LogP contribution is -2.11. The van der Waals surface area contributed by atoms with Gasteiger partial charge in [-0.05, 0) is 23.5 Å². The SMILES string of the molecule is CCOC(=O)/C=C(\c1ccccc1)C(C)(C)C. The van der Waals surface area contributed by atoms with E-state index in [1.165, 1.54) is 0 Å². The minimum absolute atomic E-state index is 0.0892. The van der Waals surface area contributed by atoms with E-state index in [4.69, 9.17) is 4.74 Å². The number of benzene rings is 1. The molecule has 2 nitrogen and oxygen atoms in total. The molecule has 0 saturated carbocycles. The molecule has 0 saturated heterocycles. The summed E-state index contributed by atoms with van der Waals surface area (Å²) in [5.41, 5.74) is 1.97. The maximum absolute atomic E-state index is 11.6. The van der Waals surface area contributed by atoms with Gasteiger partial charge in [-0.25, -0.2) is 4.79 Å². The van der Waals surface area contributed by atoms with E-state index in [0.29, 0.717) is 6.61 Å². The Kier molecular flexibility index (Phi) is 4.50. The van der Waals surface area contributed by atoms with E-state index in [-0.39, 0.29) is 11.4 Å². The van der Waals surface area contributed by atoms with Crippen LogP contribution in [0.4, 0.5) is 0 Å². The number of carbonyl (C=O) groups excluding carboxylic acids is 1. The van der Waals surface area contributed by atoms with Crippen molar-refractivity contribution >= 4 is 11.5 Å². The van der Waals surface area contributed by atoms with Crippen LogP contribution in [0.3, 0.4) is 0 Å². The molecule has 0 N–H and O–H groups in total. The van der Waals surface area contributed by atoms with Crippen molar-refractivity contribution in [1.29, 1.82) is 0 Å². The van der Waals surface area contributed by atoms with Gasteiger partial charge < -0.3 is 4.74 Å². The van der Waals surface area contributed by atoms with Crippen LogP contribution in [0.2, 0.25) is 0 Å². The zero-order valence-electron chi connectivity index (χ0n) is 11.0. The molecule has 1 aromatic rings. The molecule has 1 rings (SSSR count). The Balaban J connectivity index is 3.10. The molecule has 0 amide bonds. The topological polar surface area (TPSA) is 26.3 Å². The zero-order valence-corrected chi connectivity index (χ0v) is 11.0. The first-order valence-corrected chi connectivity index (χ1v) is 5.89. The third-order valence-corrected chi connectivity index (χ3v) is 2.44. The van der Waals surface area contributed by atoms with Crippen molar-refractivity contribution in [2.24, 2.45) is 5.41 Å². The monoisotopic (exact) mass is 232 g/mol. The van der Waals surface area contributed by atoms with Gasteiger partial charge in [-0.3, -0.25) is 0 Å². The fourth-order valence-electron chi connectivity index (χ4n) is 1.65. The molecule has 0 fully saturated rings. The molecule has 2 heteroatoms. The van der Waals surface area contributed by atoms with Crippen LogP contribution in [0, 0.1) is 5.41 Å². The van der Waals surface area contributed by atoms with Gasteiger partial charge in [-0.15, -0.1) is 0 Å². The molecule has 0 spiro atoms. The molecule has 0 radical (unpaired) electrons. The van der Waals surface area contributed by atoms with Gasteiger partial charge >= 0.3 is 5.97 Å². The van der Waals surface area contributed by atoms with Crippen LogP contribution in [0.1, 0.15) is 33.3 Å². The van der Waals surface area contributed by atoms with Gasteiger partial charge in [0.15, 0.2) is 0 Å². The highest BCUT2D eigenvalue weighted by molar-refractivity contribution is 5.92. The Morgan fingerprint density at radius 2 is 1.82 bits per heavy atom. The van der Waals surface area contributed by atoms with Crippen LogP contribution in [-0.2, 0) is 9.53 Å². The molecule has 0 aliphatic heterocycles. The van der Waals surface area contributed by atoms with Crippen molar-refractivity contribution in [2.45, 2.75) is 27.7 Å². The summed E-state index contributed by atoms with van der Waals surface area (Å²) in [6, 6.07) is 9.93. The third kappa shape index (κ3) is 4.06. The fraction of sp³-hybridized carbons (Fsp3) is 0.400. The van der Waals surface area contributed by atoms with Crippen molar-refractivity contribution in [3.63, 3.8) is 0 Å². The average molecular weight is 232 g/mol. The van der Waals surface area contributed by atoms with Crippen LogP contribution in [0.25, 0.3) is 5.57 Å². The van der Waals surface area contributed by atoms with E-state index in [0.717, 1.165) is 11.1 Å². The summed E-state index contributed by atoms with van der Waals surface area (Å²) in [6.45, 7) is 8.48. The minimum atomic E-state index is -0.277. The van der Waals surface area contributed by atoms with Gasteiger partial charge in [0.1, 0.15) is 0 Å². The van der Waals surface area contributed by atoms with Gasteiger partial charge in [0, 0.05) is 6.08 Å². The quantitative estimate of drug-likeness (QED) is 0.587. The first kappa shape index (κ1) is 13.5. The summed E-state index contributed by atoms with van der Waals surface area (Å²) >= 11 is 0. The highest BCUT2D eigenvalue weighted by Gasteiger charge is 2.20. The Labute approximate surface area is 103 Å². The number of hydrogen-bond donors (Lipinski definition) is 0. The van der Waals surface area contributed by atoms with Gasteiger partial charge in [-0.1, -0.05) is 51.1 Å². The fourth-order valence-corrected chi connectivity index (χ4v) is 1.65. The number of carbonyl (C=O) groups is 1. The predicted molar refractivity (Wildman–Crippen MR) is 70.5 cm³/mol. The number of esters is 1. The summed E-state index contributed by atoms with van der Waals surface area (Å²) in [7, 11) is 0. The third-order valence-electron chi connectivity index (χ3n) is 2.44. The van der Waals surface area contributed by atoms with Gasteiger partial charge in [0.05, 0.1) is 6.61 Å². The van der Waals surface area contributed by atoms with Crippen molar-refractivity contribution in [2.75, 3.05) is 6.61 Å². The lowest BCUT2D eigenvalue weighted by Gasteiger charge is -2.23. The first-order valence-electron chi connectivity index (χ1n) is 5.89. The van der Waals surface area contributed by atoms with Crippen LogP contribution in [-0.4, -0.2) is 12.6 Å². The maximum atomic E-state index is 11.6. The Bertz CT molecular complexity index is 397. The molecule has 0 atom stereocenters. The smallest absolute Gasteiger partial charge is 0.331 e. The first-order chi connectivity index (χ1) is 7.95. The largest absolute Gasteiger partial charge is 0.463 e. The summed E-state index contributed by atoms with van der Waals surface area (Å²) < 4.78 is 4.97. The second-order valence-corrected chi connectivity index (χ2v) is 4.93. The lowest BCUT2D eigenvalue weighted by molar-refractivity contribution is -0.137. The Morgan fingerprint density at radius 3 is 2.29 bits per heavy atom. The lowest BCUT2D eigenvalue weighted by atomic mass is 9.82. The molecular formula is C15H20O2. The molecule has 0 unspecified atom stereocenters. The summed E-state index contributed by atoms with van der Waals surface area (Å²) in [6.07, 6.45) is 1.60. The normalized spacial score (nSPS) is 12.4. The number of rotatable bonds is 3. The molecule has 0 aliphatic rings. The van der Waals surface area contributed by atoms with E-state index in [1.54, 1.807) is 6.08 Å². The molecule has 0 bridgehead atoms. The Hall–Kier alpha value is -1.57. The molecular weight excluding hydrogens is 212 g/mol. The number of ether oxygens (including phenoxy) is 1. The zero-order chi connectivity index (χ0) is 12.9. The molecule has 0 aliphatic carbocycles. The van der Waals surface area contributed by atoms with Crippen LogP contribution < -0.4 is 0 Å². The molecule has 0 aromatic heterocycles. The molecule has 0 heterocycles. The van der Waals surface area contributed by atoms with E-state index in [2.05, 4.69) is 20.8 Å². The van der Waals surface area contributed by atoms with Gasteiger partial charge in [0.25, 0.3) is 0 Å². The average Bonchev–Trinajstić information content (AvgIpc) is 2.26. The predicted octanol–water partition coefficient (Wildman–Crippen LogP) is 3.68. The van der Waals surface area contributed by atoms with Gasteiger partial charge in [0.2, 0.25) is 0 Å². The summed E-state index contributed by atoms with van der Waals surface area (Å²) in [5, 5.41) is 0. The second-order valence-electron chi connectivity index (χ2n) is 4.93. The standard InChI is InChI=1S/C15H20O2/c1-5-17-14(16)11-13(15(2,3)4)12-9-7-6-8-10-12/h6-11H,5H2,1-4H3/b13-11+. The van der Waals surface area contributed by atoms with Crippen molar-refractivity contribution in [3.05, 3.63) is 42.0 Å². The summed E-state index contributed by atoms with van der Waals surface area (Å²) in [5.74, 6) is -0.277. The van der Waals surface area contributed by atoms with Crippen LogP contribution in [0.15, 0.2) is 36.4 Å².